The van der Waals surface area contributed by atoms with Crippen LogP contribution in [0.2, 0.25) is 5.82 Å². The number of hydrogen-bond acceptors (Lipinski definition) is 2. The van der Waals surface area contributed by atoms with E-state index >= 15 is 0 Å². The number of hydrogen-bond donors (Lipinski definition) is 2. The molecule has 4 heteroatoms. The Balaban J connectivity index is 2.93. The molecule has 0 bridgehead atoms. The van der Waals surface area contributed by atoms with Gasteiger partial charge in [0, 0.05) is 5.88 Å². The molecule has 0 aromatic heterocycles. The molecule has 1 saturated carbocycles. The van der Waals surface area contributed by atoms with E-state index in [0.717, 1.165) is 0 Å². The van der Waals surface area contributed by atoms with E-state index in [1.54, 1.807) is 0 Å². The number of aliphatic hydroxyl groups is 2. The standard InChI is InChI=1S/C8H12BClO2/c1-5-6(9)2-7(12)8(5,3-10)4-11/h6-7,11-12H,1-4H2/t6-,7-,8-/m0/s1. The van der Waals surface area contributed by atoms with Gasteiger partial charge in [-0.25, -0.2) is 0 Å². The molecule has 1 aliphatic carbocycles. The molecule has 0 amide bonds. The first-order valence-electron chi connectivity index (χ1n) is 3.88. The van der Waals surface area contributed by atoms with Crippen molar-refractivity contribution in [2.24, 2.45) is 5.41 Å². The van der Waals surface area contributed by atoms with Gasteiger partial charge in [0.05, 0.1) is 26.0 Å². The topological polar surface area (TPSA) is 40.5 Å². The molecule has 1 fully saturated rings. The Morgan fingerprint density at radius 2 is 2.33 bits per heavy atom. The molecule has 2 radical (unpaired) electrons. The van der Waals surface area contributed by atoms with Crippen molar-refractivity contribution in [3.8, 4) is 0 Å². The van der Waals surface area contributed by atoms with Crippen LogP contribution in [-0.2, 0) is 0 Å². The second-order valence-corrected chi connectivity index (χ2v) is 3.60. The van der Waals surface area contributed by atoms with Crippen LogP contribution in [0.4, 0.5) is 0 Å². The predicted octanol–water partition coefficient (Wildman–Crippen LogP) is 0.482. The van der Waals surface area contributed by atoms with Crippen LogP contribution in [-0.4, -0.2) is 36.7 Å². The average molecular weight is 186 g/mol. The first-order chi connectivity index (χ1) is 5.58. The van der Waals surface area contributed by atoms with E-state index in [4.69, 9.17) is 24.6 Å². The van der Waals surface area contributed by atoms with Crippen LogP contribution in [0, 0.1) is 5.41 Å². The molecule has 12 heavy (non-hydrogen) atoms. The van der Waals surface area contributed by atoms with Gasteiger partial charge in [-0.05, 0) is 6.42 Å². The maximum absolute atomic E-state index is 9.60. The molecule has 66 valence electrons. The Morgan fingerprint density at radius 3 is 2.50 bits per heavy atom. The number of rotatable bonds is 2. The SMILES string of the molecule is [B][C@H]1C[C@H](O)[C@](CO)(CCl)C1=C. The average Bonchev–Trinajstić information content (AvgIpc) is 2.26. The van der Waals surface area contributed by atoms with Crippen molar-refractivity contribution < 1.29 is 10.2 Å². The molecule has 1 aliphatic rings. The lowest BCUT2D eigenvalue weighted by Gasteiger charge is -2.29. The van der Waals surface area contributed by atoms with Crippen LogP contribution in [0.15, 0.2) is 12.2 Å². The van der Waals surface area contributed by atoms with Gasteiger partial charge in [0.15, 0.2) is 0 Å². The summed E-state index contributed by atoms with van der Waals surface area (Å²) in [5.41, 5.74) is -0.117. The molecule has 0 saturated heterocycles. The Labute approximate surface area is 78.6 Å². The molecule has 0 aliphatic heterocycles. The summed E-state index contributed by atoms with van der Waals surface area (Å²) in [6.45, 7) is 3.56. The van der Waals surface area contributed by atoms with E-state index in [9.17, 15) is 5.11 Å². The third kappa shape index (κ3) is 1.20. The van der Waals surface area contributed by atoms with E-state index in [-0.39, 0.29) is 18.3 Å². The Kier molecular flexibility index (Phi) is 2.86. The number of aliphatic hydroxyl groups excluding tert-OH is 2. The predicted molar refractivity (Wildman–Crippen MR) is 49.5 cm³/mol. The van der Waals surface area contributed by atoms with E-state index in [0.29, 0.717) is 12.0 Å². The lowest BCUT2D eigenvalue weighted by molar-refractivity contribution is 0.0422. The van der Waals surface area contributed by atoms with Gasteiger partial charge in [-0.3, -0.25) is 0 Å². The maximum Gasteiger partial charge on any atom is 0.0760 e. The van der Waals surface area contributed by atoms with Gasteiger partial charge in [0.2, 0.25) is 0 Å². The third-order valence-electron chi connectivity index (χ3n) is 2.72. The van der Waals surface area contributed by atoms with Gasteiger partial charge in [0.25, 0.3) is 0 Å². The minimum absolute atomic E-state index is 0.164. The zero-order valence-corrected chi connectivity index (χ0v) is 7.59. The fraction of sp³-hybridized carbons (Fsp3) is 0.750. The van der Waals surface area contributed by atoms with Crippen molar-refractivity contribution in [2.45, 2.75) is 18.3 Å². The van der Waals surface area contributed by atoms with Gasteiger partial charge in [-0.2, -0.15) is 0 Å². The zero-order chi connectivity index (χ0) is 9.35. The third-order valence-corrected chi connectivity index (χ3v) is 3.20. The molecule has 0 aromatic carbocycles. The molecule has 2 N–H and O–H groups in total. The summed E-state index contributed by atoms with van der Waals surface area (Å²) in [6.07, 6.45) is -0.228. The van der Waals surface area contributed by atoms with Crippen LogP contribution in [0.5, 0.6) is 0 Å². The van der Waals surface area contributed by atoms with Crippen molar-refractivity contribution in [2.75, 3.05) is 12.5 Å². The molecule has 0 aromatic rings. The second kappa shape index (κ2) is 3.40. The van der Waals surface area contributed by atoms with Crippen LogP contribution in [0.25, 0.3) is 0 Å². The molecule has 1 rings (SSSR count). The smallest absolute Gasteiger partial charge is 0.0760 e. The van der Waals surface area contributed by atoms with Gasteiger partial charge in [-0.15, -0.1) is 11.6 Å². The summed E-state index contributed by atoms with van der Waals surface area (Å²) in [5, 5.41) is 18.7. The fourth-order valence-corrected chi connectivity index (χ4v) is 2.05. The highest BCUT2D eigenvalue weighted by atomic mass is 35.5. The second-order valence-electron chi connectivity index (χ2n) is 3.33. The van der Waals surface area contributed by atoms with Crippen LogP contribution >= 0.6 is 11.6 Å². The minimum atomic E-state index is -0.777. The summed E-state index contributed by atoms with van der Waals surface area (Å²) >= 11 is 5.68. The van der Waals surface area contributed by atoms with E-state index < -0.39 is 11.5 Å². The summed E-state index contributed by atoms with van der Waals surface area (Å²) < 4.78 is 0. The highest BCUT2D eigenvalue weighted by Gasteiger charge is 2.47. The van der Waals surface area contributed by atoms with Crippen LogP contribution in [0.1, 0.15) is 6.42 Å². The summed E-state index contributed by atoms with van der Waals surface area (Å²) in [4.78, 5) is 0. The monoisotopic (exact) mass is 186 g/mol. The van der Waals surface area contributed by atoms with E-state index in [1.807, 2.05) is 0 Å². The highest BCUT2D eigenvalue weighted by molar-refractivity contribution is 6.19. The summed E-state index contributed by atoms with van der Waals surface area (Å²) in [7, 11) is 5.67. The maximum atomic E-state index is 9.60. The van der Waals surface area contributed by atoms with Crippen molar-refractivity contribution in [1.29, 1.82) is 0 Å². The molecule has 3 atom stereocenters. The van der Waals surface area contributed by atoms with Gasteiger partial charge >= 0.3 is 0 Å². The lowest BCUT2D eigenvalue weighted by Crippen LogP contribution is -2.36. The number of halogens is 1. The van der Waals surface area contributed by atoms with Gasteiger partial charge < -0.3 is 10.2 Å². The highest BCUT2D eigenvalue weighted by Crippen LogP contribution is 2.47. The van der Waals surface area contributed by atoms with Crippen LogP contribution < -0.4 is 0 Å². The molecule has 0 unspecified atom stereocenters. The summed E-state index contributed by atoms with van der Waals surface area (Å²) in [5.74, 6) is -0.0806. The quantitative estimate of drug-likeness (QED) is 0.374. The van der Waals surface area contributed by atoms with Crippen LogP contribution in [0.3, 0.4) is 0 Å². The molecular formula is C8H12BClO2. The minimum Gasteiger partial charge on any atom is -0.395 e. The fourth-order valence-electron chi connectivity index (χ4n) is 1.62. The lowest BCUT2D eigenvalue weighted by atomic mass is 9.77. The first-order valence-corrected chi connectivity index (χ1v) is 4.41. The van der Waals surface area contributed by atoms with Gasteiger partial charge in [-0.1, -0.05) is 18.0 Å². The molecule has 2 nitrogen and oxygen atoms in total. The zero-order valence-electron chi connectivity index (χ0n) is 6.83. The Morgan fingerprint density at radius 1 is 1.75 bits per heavy atom. The Hall–Kier alpha value is 0.0149. The van der Waals surface area contributed by atoms with Crippen molar-refractivity contribution in [1.82, 2.24) is 0 Å². The van der Waals surface area contributed by atoms with Crippen molar-refractivity contribution in [3.05, 3.63) is 12.2 Å². The normalized spacial score (nSPS) is 42.1. The number of alkyl halides is 1. The van der Waals surface area contributed by atoms with Crippen molar-refractivity contribution >= 4 is 19.4 Å². The van der Waals surface area contributed by atoms with E-state index in [1.165, 1.54) is 0 Å². The first kappa shape index (κ1) is 10.1. The van der Waals surface area contributed by atoms with E-state index in [2.05, 4.69) is 6.58 Å². The largest absolute Gasteiger partial charge is 0.395 e. The molecule has 0 heterocycles. The van der Waals surface area contributed by atoms with Gasteiger partial charge in [0.1, 0.15) is 0 Å². The van der Waals surface area contributed by atoms with Crippen molar-refractivity contribution in [3.63, 3.8) is 0 Å². The molecular weight excluding hydrogens is 174 g/mol. The summed E-state index contributed by atoms with van der Waals surface area (Å²) in [6, 6.07) is 0. The molecule has 0 spiro atoms. The Bertz CT molecular complexity index is 191.